The van der Waals surface area contributed by atoms with Crippen LogP contribution in [0.3, 0.4) is 0 Å². The van der Waals surface area contributed by atoms with Gasteiger partial charge in [0.05, 0.1) is 4.92 Å². The van der Waals surface area contributed by atoms with E-state index in [1.807, 2.05) is 0 Å². The van der Waals surface area contributed by atoms with E-state index in [1.165, 1.54) is 12.3 Å². The fourth-order valence-electron chi connectivity index (χ4n) is 1.64. The zero-order valence-electron chi connectivity index (χ0n) is 10.8. The van der Waals surface area contributed by atoms with Crippen molar-refractivity contribution in [2.24, 2.45) is 0 Å². The minimum atomic E-state index is -0.493. The van der Waals surface area contributed by atoms with Crippen LogP contribution in [0.25, 0.3) is 0 Å². The molecule has 102 valence electrons. The van der Waals surface area contributed by atoms with Crippen LogP contribution in [0.15, 0.2) is 12.3 Å². The Kier molecular flexibility index (Phi) is 3.64. The van der Waals surface area contributed by atoms with E-state index in [0.717, 1.165) is 12.8 Å². The molecule has 0 radical (unpaired) electrons. The van der Waals surface area contributed by atoms with E-state index in [0.29, 0.717) is 17.4 Å². The van der Waals surface area contributed by atoms with E-state index in [-0.39, 0.29) is 11.6 Å². The Hall–Kier alpha value is -2.18. The van der Waals surface area contributed by atoms with Crippen LogP contribution in [0.5, 0.6) is 0 Å². The molecule has 1 unspecified atom stereocenters. The van der Waals surface area contributed by atoms with Crippen LogP contribution < -0.4 is 10.6 Å². The van der Waals surface area contributed by atoms with Crippen LogP contribution in [0, 0.1) is 17.0 Å². The van der Waals surface area contributed by atoms with Crippen LogP contribution >= 0.6 is 0 Å². The van der Waals surface area contributed by atoms with Crippen molar-refractivity contribution < 1.29 is 9.72 Å². The maximum atomic E-state index is 11.8. The third-order valence-corrected chi connectivity index (χ3v) is 2.94. The van der Waals surface area contributed by atoms with Gasteiger partial charge in [0.2, 0.25) is 5.91 Å². The van der Waals surface area contributed by atoms with E-state index in [4.69, 9.17) is 0 Å². The van der Waals surface area contributed by atoms with Crippen LogP contribution in [-0.4, -0.2) is 27.9 Å². The molecule has 0 aliphatic heterocycles. The number of anilines is 1. The lowest BCUT2D eigenvalue weighted by Gasteiger charge is -2.15. The molecular formula is C12H16N4O3. The topological polar surface area (TPSA) is 97.2 Å². The summed E-state index contributed by atoms with van der Waals surface area (Å²) < 4.78 is 0. The molecule has 7 heteroatoms. The van der Waals surface area contributed by atoms with Crippen molar-refractivity contribution in [3.05, 3.63) is 27.9 Å². The highest BCUT2D eigenvalue weighted by molar-refractivity contribution is 5.84. The predicted molar refractivity (Wildman–Crippen MR) is 69.9 cm³/mol. The first kappa shape index (κ1) is 13.3. The zero-order valence-corrected chi connectivity index (χ0v) is 10.8. The second kappa shape index (κ2) is 5.21. The lowest BCUT2D eigenvalue weighted by Crippen LogP contribution is -2.39. The number of hydrogen-bond acceptors (Lipinski definition) is 5. The van der Waals surface area contributed by atoms with Gasteiger partial charge in [-0.15, -0.1) is 0 Å². The number of carbonyl (C=O) groups is 1. The summed E-state index contributed by atoms with van der Waals surface area (Å²) in [6, 6.07) is 1.32. The first-order valence-electron chi connectivity index (χ1n) is 6.15. The summed E-state index contributed by atoms with van der Waals surface area (Å²) >= 11 is 0. The number of pyridine rings is 1. The molecule has 2 rings (SSSR count). The smallest absolute Gasteiger partial charge is 0.287 e. The number of amides is 1. The van der Waals surface area contributed by atoms with Crippen LogP contribution in [0.2, 0.25) is 0 Å². The normalized spacial score (nSPS) is 15.7. The third kappa shape index (κ3) is 3.40. The second-order valence-electron chi connectivity index (χ2n) is 4.77. The summed E-state index contributed by atoms with van der Waals surface area (Å²) in [6.07, 6.45) is 3.25. The predicted octanol–water partition coefficient (Wildman–Crippen LogP) is 1.38. The van der Waals surface area contributed by atoms with E-state index >= 15 is 0 Å². The standard InChI is InChI=1S/C12H16N4O3/c1-7-5-10(16(18)19)6-13-11(7)14-8(2)12(17)15-9-3-4-9/h5-6,8-9H,3-4H2,1-2H3,(H,13,14)(H,15,17). The van der Waals surface area contributed by atoms with Crippen LogP contribution in [-0.2, 0) is 4.79 Å². The Morgan fingerprint density at radius 1 is 1.58 bits per heavy atom. The van der Waals surface area contributed by atoms with Crippen molar-refractivity contribution in [3.8, 4) is 0 Å². The van der Waals surface area contributed by atoms with Gasteiger partial charge in [0, 0.05) is 12.1 Å². The molecule has 0 aromatic carbocycles. The number of hydrogen-bond donors (Lipinski definition) is 2. The van der Waals surface area contributed by atoms with Gasteiger partial charge < -0.3 is 10.6 Å². The second-order valence-corrected chi connectivity index (χ2v) is 4.77. The van der Waals surface area contributed by atoms with E-state index in [1.54, 1.807) is 13.8 Å². The molecule has 1 aliphatic carbocycles. The molecule has 1 aromatic heterocycles. The SMILES string of the molecule is Cc1cc([N+](=O)[O-])cnc1NC(C)C(=O)NC1CC1. The molecule has 19 heavy (non-hydrogen) atoms. The monoisotopic (exact) mass is 264 g/mol. The molecule has 1 heterocycles. The lowest BCUT2D eigenvalue weighted by molar-refractivity contribution is -0.385. The van der Waals surface area contributed by atoms with Crippen molar-refractivity contribution in [3.63, 3.8) is 0 Å². The van der Waals surface area contributed by atoms with Gasteiger partial charge in [-0.25, -0.2) is 4.98 Å². The van der Waals surface area contributed by atoms with Gasteiger partial charge >= 0.3 is 0 Å². The summed E-state index contributed by atoms with van der Waals surface area (Å²) in [5, 5.41) is 16.5. The summed E-state index contributed by atoms with van der Waals surface area (Å²) in [5.74, 6) is 0.408. The molecule has 0 saturated heterocycles. The highest BCUT2D eigenvalue weighted by Crippen LogP contribution is 2.20. The molecule has 1 amide bonds. The van der Waals surface area contributed by atoms with E-state index in [9.17, 15) is 14.9 Å². The molecule has 1 aliphatic rings. The number of aromatic nitrogens is 1. The summed E-state index contributed by atoms with van der Waals surface area (Å²) in [7, 11) is 0. The minimum Gasteiger partial charge on any atom is -0.358 e. The molecule has 1 atom stereocenters. The fourth-order valence-corrected chi connectivity index (χ4v) is 1.64. The molecule has 0 bridgehead atoms. The first-order valence-corrected chi connectivity index (χ1v) is 6.15. The average Bonchev–Trinajstić information content (AvgIpc) is 3.15. The highest BCUT2D eigenvalue weighted by Gasteiger charge is 2.25. The number of carbonyl (C=O) groups excluding carboxylic acids is 1. The quantitative estimate of drug-likeness (QED) is 0.618. The van der Waals surface area contributed by atoms with Gasteiger partial charge in [-0.05, 0) is 32.3 Å². The molecule has 1 saturated carbocycles. The summed E-state index contributed by atoms with van der Waals surface area (Å²) in [6.45, 7) is 3.45. The molecular weight excluding hydrogens is 248 g/mol. The number of aryl methyl sites for hydroxylation is 1. The van der Waals surface area contributed by atoms with Crippen molar-refractivity contribution >= 4 is 17.4 Å². The zero-order chi connectivity index (χ0) is 14.0. The maximum absolute atomic E-state index is 11.8. The van der Waals surface area contributed by atoms with Gasteiger partial charge in [0.15, 0.2) is 0 Å². The van der Waals surface area contributed by atoms with Crippen molar-refractivity contribution in [1.82, 2.24) is 10.3 Å². The molecule has 0 spiro atoms. The van der Waals surface area contributed by atoms with Gasteiger partial charge in [-0.2, -0.15) is 0 Å². The fraction of sp³-hybridized carbons (Fsp3) is 0.500. The Morgan fingerprint density at radius 3 is 2.79 bits per heavy atom. The maximum Gasteiger partial charge on any atom is 0.287 e. The third-order valence-electron chi connectivity index (χ3n) is 2.94. The van der Waals surface area contributed by atoms with Crippen molar-refractivity contribution in [2.75, 3.05) is 5.32 Å². The Morgan fingerprint density at radius 2 is 2.26 bits per heavy atom. The number of rotatable bonds is 5. The van der Waals surface area contributed by atoms with Gasteiger partial charge in [0.25, 0.3) is 5.69 Å². The van der Waals surface area contributed by atoms with Crippen LogP contribution in [0.1, 0.15) is 25.3 Å². The molecule has 1 fully saturated rings. The first-order chi connectivity index (χ1) is 8.97. The molecule has 2 N–H and O–H groups in total. The molecule has 1 aromatic rings. The van der Waals surface area contributed by atoms with Gasteiger partial charge in [-0.3, -0.25) is 14.9 Å². The van der Waals surface area contributed by atoms with E-state index < -0.39 is 11.0 Å². The Labute approximate surface area is 110 Å². The van der Waals surface area contributed by atoms with E-state index in [2.05, 4.69) is 15.6 Å². The Balaban J connectivity index is 2.01. The van der Waals surface area contributed by atoms with Gasteiger partial charge in [0.1, 0.15) is 18.1 Å². The lowest BCUT2D eigenvalue weighted by atomic mass is 10.2. The van der Waals surface area contributed by atoms with Gasteiger partial charge in [-0.1, -0.05) is 0 Å². The van der Waals surface area contributed by atoms with Crippen LogP contribution in [0.4, 0.5) is 11.5 Å². The number of nitrogens with zero attached hydrogens (tertiary/aromatic N) is 2. The number of nitro groups is 1. The molecule has 7 nitrogen and oxygen atoms in total. The highest BCUT2D eigenvalue weighted by atomic mass is 16.6. The van der Waals surface area contributed by atoms with Crippen molar-refractivity contribution in [1.29, 1.82) is 0 Å². The summed E-state index contributed by atoms with van der Waals surface area (Å²) in [5.41, 5.74) is 0.582. The summed E-state index contributed by atoms with van der Waals surface area (Å²) in [4.78, 5) is 25.9. The Bertz CT molecular complexity index is 514. The average molecular weight is 264 g/mol. The number of nitrogens with one attached hydrogen (secondary N) is 2. The largest absolute Gasteiger partial charge is 0.358 e. The van der Waals surface area contributed by atoms with Crippen molar-refractivity contribution in [2.45, 2.75) is 38.8 Å². The minimum absolute atomic E-state index is 0.0573.